The maximum atomic E-state index is 13.4. The highest BCUT2D eigenvalue weighted by atomic mass is 32.2. The molecule has 0 spiro atoms. The second kappa shape index (κ2) is 6.91. The van der Waals surface area contributed by atoms with E-state index in [1.807, 2.05) is 0 Å². The summed E-state index contributed by atoms with van der Waals surface area (Å²) < 4.78 is 13.4. The van der Waals surface area contributed by atoms with E-state index in [4.69, 9.17) is 5.11 Å². The maximum absolute atomic E-state index is 13.4. The van der Waals surface area contributed by atoms with Crippen LogP contribution in [0.2, 0.25) is 0 Å². The summed E-state index contributed by atoms with van der Waals surface area (Å²) in [5.74, 6) is 0.359. The van der Waals surface area contributed by atoms with Crippen molar-refractivity contribution in [3.63, 3.8) is 0 Å². The fraction of sp³-hybridized carbons (Fsp3) is 0.500. The van der Waals surface area contributed by atoms with Crippen LogP contribution in [0.4, 0.5) is 4.39 Å². The van der Waals surface area contributed by atoms with Crippen LogP contribution in [0.1, 0.15) is 12.8 Å². The van der Waals surface area contributed by atoms with Crippen molar-refractivity contribution in [2.45, 2.75) is 17.7 Å². The summed E-state index contributed by atoms with van der Waals surface area (Å²) in [4.78, 5) is 14.3. The quantitative estimate of drug-likeness (QED) is 0.861. The number of hydrogen-bond acceptors (Lipinski definition) is 3. The Morgan fingerprint density at radius 2 is 2.05 bits per heavy atom. The van der Waals surface area contributed by atoms with Crippen LogP contribution in [0, 0.1) is 11.7 Å². The summed E-state index contributed by atoms with van der Waals surface area (Å²) in [7, 11) is 0. The Morgan fingerprint density at radius 3 is 2.68 bits per heavy atom. The minimum absolute atomic E-state index is 0.0460. The number of aliphatic hydroxyl groups excluding tert-OH is 1. The predicted molar refractivity (Wildman–Crippen MR) is 73.5 cm³/mol. The predicted octanol–water partition coefficient (Wildman–Crippen LogP) is 2.15. The van der Waals surface area contributed by atoms with Crippen molar-refractivity contribution in [3.8, 4) is 0 Å². The van der Waals surface area contributed by atoms with Gasteiger partial charge in [0.1, 0.15) is 5.82 Å². The molecule has 1 saturated heterocycles. The molecular weight excluding hydrogens is 265 g/mol. The molecule has 1 heterocycles. The first-order valence-corrected chi connectivity index (χ1v) is 7.45. The van der Waals surface area contributed by atoms with Gasteiger partial charge in [0.2, 0.25) is 5.91 Å². The summed E-state index contributed by atoms with van der Waals surface area (Å²) in [6.45, 7) is 1.59. The van der Waals surface area contributed by atoms with Crippen molar-refractivity contribution in [3.05, 3.63) is 30.1 Å². The Bertz CT molecular complexity index is 433. The second-order valence-corrected chi connectivity index (χ2v) is 5.74. The number of carbonyl (C=O) groups is 1. The number of thioether (sulfide) groups is 1. The number of likely N-dealkylation sites (tertiary alicyclic amines) is 1. The van der Waals surface area contributed by atoms with Crippen molar-refractivity contribution in [1.29, 1.82) is 0 Å². The van der Waals surface area contributed by atoms with Gasteiger partial charge in [-0.05, 0) is 30.9 Å². The van der Waals surface area contributed by atoms with Gasteiger partial charge in [-0.15, -0.1) is 11.8 Å². The van der Waals surface area contributed by atoms with Crippen molar-refractivity contribution in [1.82, 2.24) is 4.90 Å². The molecule has 1 fully saturated rings. The monoisotopic (exact) mass is 283 g/mol. The zero-order valence-corrected chi connectivity index (χ0v) is 11.5. The number of rotatable bonds is 4. The maximum Gasteiger partial charge on any atom is 0.232 e. The molecule has 1 aromatic rings. The number of amides is 1. The topological polar surface area (TPSA) is 40.5 Å². The lowest BCUT2D eigenvalue weighted by Gasteiger charge is -2.31. The van der Waals surface area contributed by atoms with Crippen LogP contribution >= 0.6 is 11.8 Å². The highest BCUT2D eigenvalue weighted by Crippen LogP contribution is 2.23. The highest BCUT2D eigenvalue weighted by molar-refractivity contribution is 8.00. The van der Waals surface area contributed by atoms with Gasteiger partial charge < -0.3 is 10.0 Å². The minimum atomic E-state index is -0.278. The van der Waals surface area contributed by atoms with Crippen molar-refractivity contribution in [2.75, 3.05) is 25.4 Å². The number of benzene rings is 1. The van der Waals surface area contributed by atoms with Gasteiger partial charge in [-0.1, -0.05) is 12.1 Å². The van der Waals surface area contributed by atoms with Gasteiger partial charge in [0.15, 0.2) is 0 Å². The van der Waals surface area contributed by atoms with Gasteiger partial charge in [-0.3, -0.25) is 4.79 Å². The number of piperidine rings is 1. The summed E-state index contributed by atoms with van der Waals surface area (Å²) in [6.07, 6.45) is 1.71. The first kappa shape index (κ1) is 14.3. The first-order chi connectivity index (χ1) is 9.20. The average molecular weight is 283 g/mol. The normalized spacial score (nSPS) is 16.6. The fourth-order valence-electron chi connectivity index (χ4n) is 2.16. The van der Waals surface area contributed by atoms with E-state index in [1.54, 1.807) is 23.1 Å². The molecule has 1 aromatic carbocycles. The lowest BCUT2D eigenvalue weighted by molar-refractivity contribution is -0.129. The third kappa shape index (κ3) is 3.94. The van der Waals surface area contributed by atoms with E-state index in [9.17, 15) is 9.18 Å². The lowest BCUT2D eigenvalue weighted by atomic mass is 9.98. The van der Waals surface area contributed by atoms with Crippen LogP contribution < -0.4 is 0 Å². The molecule has 0 radical (unpaired) electrons. The third-order valence-corrected chi connectivity index (χ3v) is 4.45. The molecule has 0 saturated carbocycles. The van der Waals surface area contributed by atoms with Gasteiger partial charge in [0.25, 0.3) is 0 Å². The van der Waals surface area contributed by atoms with Crippen molar-refractivity contribution in [2.24, 2.45) is 5.92 Å². The SMILES string of the molecule is O=C(CSc1ccccc1F)N1CCC(CO)CC1. The van der Waals surface area contributed by atoms with Crippen LogP contribution in [0.15, 0.2) is 29.2 Å². The Balaban J connectivity index is 1.81. The smallest absolute Gasteiger partial charge is 0.232 e. The summed E-state index contributed by atoms with van der Waals surface area (Å²) in [6, 6.07) is 6.49. The molecule has 0 aliphatic carbocycles. The average Bonchev–Trinajstić information content (AvgIpc) is 2.46. The Kier molecular flexibility index (Phi) is 5.22. The number of halogens is 1. The molecule has 1 N–H and O–H groups in total. The molecule has 1 amide bonds. The van der Waals surface area contributed by atoms with E-state index in [1.165, 1.54) is 17.8 Å². The lowest BCUT2D eigenvalue weighted by Crippen LogP contribution is -2.40. The van der Waals surface area contributed by atoms with Crippen LogP contribution in [0.5, 0.6) is 0 Å². The Labute approximate surface area is 116 Å². The van der Waals surface area contributed by atoms with Crippen LogP contribution in [-0.2, 0) is 4.79 Å². The molecule has 104 valence electrons. The standard InChI is InChI=1S/C14H18FNO2S/c15-12-3-1-2-4-13(12)19-10-14(18)16-7-5-11(9-17)6-8-16/h1-4,11,17H,5-10H2. The molecule has 0 bridgehead atoms. The Hall–Kier alpha value is -1.07. The van der Waals surface area contributed by atoms with Crippen LogP contribution in [0.3, 0.4) is 0 Å². The van der Waals surface area contributed by atoms with Gasteiger partial charge in [-0.25, -0.2) is 4.39 Å². The minimum Gasteiger partial charge on any atom is -0.396 e. The van der Waals surface area contributed by atoms with Gasteiger partial charge in [0, 0.05) is 24.6 Å². The van der Waals surface area contributed by atoms with E-state index >= 15 is 0 Å². The fourth-order valence-corrected chi connectivity index (χ4v) is 3.00. The van der Waals surface area contributed by atoms with Gasteiger partial charge in [-0.2, -0.15) is 0 Å². The number of hydrogen-bond donors (Lipinski definition) is 1. The number of nitrogens with zero attached hydrogens (tertiary/aromatic N) is 1. The highest BCUT2D eigenvalue weighted by Gasteiger charge is 2.22. The zero-order chi connectivity index (χ0) is 13.7. The largest absolute Gasteiger partial charge is 0.396 e. The van der Waals surface area contributed by atoms with E-state index in [-0.39, 0.29) is 24.1 Å². The molecule has 5 heteroatoms. The molecule has 1 aliphatic heterocycles. The molecule has 19 heavy (non-hydrogen) atoms. The second-order valence-electron chi connectivity index (χ2n) is 4.73. The molecular formula is C14H18FNO2S. The number of carbonyl (C=O) groups excluding carboxylic acids is 1. The van der Waals surface area contributed by atoms with Crippen LogP contribution in [-0.4, -0.2) is 41.4 Å². The van der Waals surface area contributed by atoms with E-state index in [0.29, 0.717) is 23.9 Å². The zero-order valence-electron chi connectivity index (χ0n) is 10.7. The summed E-state index contributed by atoms with van der Waals surface area (Å²) >= 11 is 1.24. The first-order valence-electron chi connectivity index (χ1n) is 6.46. The van der Waals surface area contributed by atoms with E-state index in [2.05, 4.69) is 0 Å². The summed E-state index contributed by atoms with van der Waals surface area (Å²) in [5.41, 5.74) is 0. The third-order valence-electron chi connectivity index (χ3n) is 3.41. The van der Waals surface area contributed by atoms with Crippen molar-refractivity contribution < 1.29 is 14.3 Å². The molecule has 3 nitrogen and oxygen atoms in total. The van der Waals surface area contributed by atoms with Gasteiger partial charge >= 0.3 is 0 Å². The molecule has 0 atom stereocenters. The molecule has 0 unspecified atom stereocenters. The Morgan fingerprint density at radius 1 is 1.37 bits per heavy atom. The van der Waals surface area contributed by atoms with Crippen molar-refractivity contribution >= 4 is 17.7 Å². The molecule has 0 aromatic heterocycles. The van der Waals surface area contributed by atoms with E-state index in [0.717, 1.165) is 12.8 Å². The number of aliphatic hydroxyl groups is 1. The molecule has 1 aliphatic rings. The molecule has 2 rings (SSSR count). The van der Waals surface area contributed by atoms with E-state index < -0.39 is 0 Å². The van der Waals surface area contributed by atoms with Crippen LogP contribution in [0.25, 0.3) is 0 Å². The van der Waals surface area contributed by atoms with Gasteiger partial charge in [0.05, 0.1) is 5.75 Å². The summed E-state index contributed by atoms with van der Waals surface area (Å²) in [5, 5.41) is 9.05.